The summed E-state index contributed by atoms with van der Waals surface area (Å²) in [5.41, 5.74) is 0.734. The van der Waals surface area contributed by atoms with Gasteiger partial charge in [0.1, 0.15) is 11.9 Å². The number of benzene rings is 2. The van der Waals surface area contributed by atoms with Crippen LogP contribution in [0.5, 0.6) is 11.5 Å². The van der Waals surface area contributed by atoms with E-state index in [0.717, 1.165) is 12.0 Å². The highest BCUT2D eigenvalue weighted by molar-refractivity contribution is 5.97. The van der Waals surface area contributed by atoms with Crippen molar-refractivity contribution >= 4 is 11.8 Å². The van der Waals surface area contributed by atoms with Gasteiger partial charge in [-0.05, 0) is 48.1 Å². The van der Waals surface area contributed by atoms with E-state index in [4.69, 9.17) is 9.47 Å². The molecule has 0 spiro atoms. The molecule has 0 aliphatic heterocycles. The van der Waals surface area contributed by atoms with E-state index in [1.54, 1.807) is 13.2 Å². The Morgan fingerprint density at radius 2 is 1.75 bits per heavy atom. The number of carbonyl (C=O) groups is 2. The highest BCUT2D eigenvalue weighted by Crippen LogP contribution is 2.28. The molecule has 2 aromatic rings. The standard InChI is InChI=1S/C25H33FN2O4/c1-16(2)12-13-32-21-11-10-18(14-22(21)31-5)15-27-25(30)23(17(3)4)28-24(29)19-8-6-7-9-20(19)26/h6-11,14,16-17,23H,12-13,15H2,1-5H3,(H,27,30)(H,28,29). The van der Waals surface area contributed by atoms with E-state index in [-0.39, 0.29) is 23.9 Å². The summed E-state index contributed by atoms with van der Waals surface area (Å²) in [6.07, 6.45) is 0.941. The highest BCUT2D eigenvalue weighted by Gasteiger charge is 2.25. The lowest BCUT2D eigenvalue weighted by atomic mass is 10.0. The summed E-state index contributed by atoms with van der Waals surface area (Å²) in [6.45, 7) is 8.75. The number of methoxy groups -OCH3 is 1. The summed E-state index contributed by atoms with van der Waals surface area (Å²) in [7, 11) is 1.57. The number of halogens is 1. The predicted octanol–water partition coefficient (Wildman–Crippen LogP) is 4.33. The number of nitrogens with one attached hydrogen (secondary N) is 2. The first-order valence-electron chi connectivity index (χ1n) is 10.9. The van der Waals surface area contributed by atoms with Crippen molar-refractivity contribution in [2.45, 2.75) is 46.7 Å². The number of hydrogen-bond acceptors (Lipinski definition) is 4. The molecule has 1 atom stereocenters. The molecule has 2 N–H and O–H groups in total. The van der Waals surface area contributed by atoms with Gasteiger partial charge in [0.15, 0.2) is 11.5 Å². The topological polar surface area (TPSA) is 76.7 Å². The first-order chi connectivity index (χ1) is 15.2. The molecule has 7 heteroatoms. The molecular formula is C25H33FN2O4. The van der Waals surface area contributed by atoms with Crippen LogP contribution in [0.15, 0.2) is 42.5 Å². The highest BCUT2D eigenvalue weighted by atomic mass is 19.1. The van der Waals surface area contributed by atoms with E-state index in [2.05, 4.69) is 24.5 Å². The number of hydrogen-bond donors (Lipinski definition) is 2. The van der Waals surface area contributed by atoms with Crippen LogP contribution in [0.4, 0.5) is 4.39 Å². The minimum absolute atomic E-state index is 0.0938. The minimum Gasteiger partial charge on any atom is -0.493 e. The zero-order valence-electron chi connectivity index (χ0n) is 19.4. The Kier molecular flexibility index (Phi) is 9.50. The molecule has 2 aromatic carbocycles. The molecule has 1 unspecified atom stereocenters. The molecule has 2 rings (SSSR count). The molecule has 0 bridgehead atoms. The molecule has 0 heterocycles. The zero-order chi connectivity index (χ0) is 23.7. The van der Waals surface area contributed by atoms with E-state index < -0.39 is 17.8 Å². The predicted molar refractivity (Wildman–Crippen MR) is 122 cm³/mol. The van der Waals surface area contributed by atoms with Crippen molar-refractivity contribution in [1.29, 1.82) is 0 Å². The number of amides is 2. The van der Waals surface area contributed by atoms with E-state index in [9.17, 15) is 14.0 Å². The molecule has 0 aliphatic carbocycles. The summed E-state index contributed by atoms with van der Waals surface area (Å²) in [6, 6.07) is 10.4. The Balaban J connectivity index is 2.00. The van der Waals surface area contributed by atoms with Gasteiger partial charge < -0.3 is 20.1 Å². The molecule has 6 nitrogen and oxygen atoms in total. The molecule has 174 valence electrons. The second kappa shape index (κ2) is 12.1. The van der Waals surface area contributed by atoms with Crippen molar-refractivity contribution in [3.05, 3.63) is 59.4 Å². The van der Waals surface area contributed by atoms with Gasteiger partial charge in [0.2, 0.25) is 5.91 Å². The average molecular weight is 445 g/mol. The normalized spacial score (nSPS) is 11.9. The third kappa shape index (κ3) is 7.25. The van der Waals surface area contributed by atoms with E-state index >= 15 is 0 Å². The van der Waals surface area contributed by atoms with Gasteiger partial charge >= 0.3 is 0 Å². The third-order valence-electron chi connectivity index (χ3n) is 5.00. The molecular weight excluding hydrogens is 411 g/mol. The number of rotatable bonds is 11. The largest absolute Gasteiger partial charge is 0.493 e. The molecule has 0 aromatic heterocycles. The van der Waals surface area contributed by atoms with Crippen molar-refractivity contribution < 1.29 is 23.5 Å². The Morgan fingerprint density at radius 1 is 1.03 bits per heavy atom. The maximum atomic E-state index is 13.9. The van der Waals surface area contributed by atoms with Crippen LogP contribution in [0, 0.1) is 17.7 Å². The van der Waals surface area contributed by atoms with Gasteiger partial charge in [-0.25, -0.2) is 4.39 Å². The summed E-state index contributed by atoms with van der Waals surface area (Å²) in [5.74, 6) is 0.00704. The molecule has 0 saturated carbocycles. The maximum absolute atomic E-state index is 13.9. The van der Waals surface area contributed by atoms with Crippen LogP contribution in [0.3, 0.4) is 0 Å². The third-order valence-corrected chi connectivity index (χ3v) is 5.00. The fraction of sp³-hybridized carbons (Fsp3) is 0.440. The van der Waals surface area contributed by atoms with Crippen molar-refractivity contribution in [2.75, 3.05) is 13.7 Å². The van der Waals surface area contributed by atoms with Gasteiger partial charge in [0.25, 0.3) is 5.91 Å². The fourth-order valence-electron chi connectivity index (χ4n) is 3.04. The molecule has 32 heavy (non-hydrogen) atoms. The quantitative estimate of drug-likeness (QED) is 0.541. The van der Waals surface area contributed by atoms with Gasteiger partial charge in [-0.15, -0.1) is 0 Å². The molecule has 0 radical (unpaired) electrons. The lowest BCUT2D eigenvalue weighted by Gasteiger charge is -2.22. The van der Waals surface area contributed by atoms with Crippen molar-refractivity contribution in [3.63, 3.8) is 0 Å². The number of carbonyl (C=O) groups excluding carboxylic acids is 2. The van der Waals surface area contributed by atoms with Crippen LogP contribution in [-0.4, -0.2) is 31.6 Å². The average Bonchev–Trinajstić information content (AvgIpc) is 2.76. The minimum atomic E-state index is -0.803. The summed E-state index contributed by atoms with van der Waals surface area (Å²) in [5, 5.41) is 5.47. The SMILES string of the molecule is COc1cc(CNC(=O)C(NC(=O)c2ccccc2F)C(C)C)ccc1OCCC(C)C. The lowest BCUT2D eigenvalue weighted by Crippen LogP contribution is -2.49. The second-order valence-electron chi connectivity index (χ2n) is 8.41. The molecule has 2 amide bonds. The summed E-state index contributed by atoms with van der Waals surface area (Å²) in [4.78, 5) is 25.2. The van der Waals surface area contributed by atoms with E-state index in [1.165, 1.54) is 18.2 Å². The van der Waals surface area contributed by atoms with Crippen LogP contribution in [0.2, 0.25) is 0 Å². The number of ether oxygens (including phenoxy) is 2. The van der Waals surface area contributed by atoms with Gasteiger partial charge in [0.05, 0.1) is 19.3 Å². The van der Waals surface area contributed by atoms with Crippen molar-refractivity contribution in [1.82, 2.24) is 10.6 Å². The molecule has 0 aliphatic rings. The first-order valence-corrected chi connectivity index (χ1v) is 10.9. The van der Waals surface area contributed by atoms with Crippen LogP contribution in [0.25, 0.3) is 0 Å². The van der Waals surface area contributed by atoms with Crippen molar-refractivity contribution in [2.24, 2.45) is 11.8 Å². The summed E-state index contributed by atoms with van der Waals surface area (Å²) < 4.78 is 25.1. The van der Waals surface area contributed by atoms with Crippen LogP contribution in [0.1, 0.15) is 50.0 Å². The summed E-state index contributed by atoms with van der Waals surface area (Å²) >= 11 is 0. The van der Waals surface area contributed by atoms with Crippen LogP contribution >= 0.6 is 0 Å². The second-order valence-corrected chi connectivity index (χ2v) is 8.41. The molecule has 0 saturated heterocycles. The Morgan fingerprint density at radius 3 is 2.38 bits per heavy atom. The zero-order valence-corrected chi connectivity index (χ0v) is 19.4. The van der Waals surface area contributed by atoms with Gasteiger partial charge in [0, 0.05) is 6.54 Å². The van der Waals surface area contributed by atoms with Gasteiger partial charge in [-0.3, -0.25) is 9.59 Å². The molecule has 0 fully saturated rings. The smallest absolute Gasteiger partial charge is 0.254 e. The van der Waals surface area contributed by atoms with Gasteiger partial charge in [-0.1, -0.05) is 45.9 Å². The van der Waals surface area contributed by atoms with Crippen LogP contribution in [-0.2, 0) is 11.3 Å². The van der Waals surface area contributed by atoms with E-state index in [0.29, 0.717) is 24.0 Å². The fourth-order valence-corrected chi connectivity index (χ4v) is 3.04. The van der Waals surface area contributed by atoms with E-state index in [1.807, 2.05) is 32.0 Å². The lowest BCUT2D eigenvalue weighted by molar-refractivity contribution is -0.124. The first kappa shape index (κ1) is 25.2. The van der Waals surface area contributed by atoms with Crippen LogP contribution < -0.4 is 20.1 Å². The maximum Gasteiger partial charge on any atom is 0.254 e. The Bertz CT molecular complexity index is 915. The van der Waals surface area contributed by atoms with Crippen molar-refractivity contribution in [3.8, 4) is 11.5 Å². The Labute approximate surface area is 189 Å². The Hall–Kier alpha value is -3.09. The van der Waals surface area contributed by atoms with Gasteiger partial charge in [-0.2, -0.15) is 0 Å². The monoisotopic (exact) mass is 444 g/mol.